The summed E-state index contributed by atoms with van der Waals surface area (Å²) in [6.45, 7) is 8.93. The summed E-state index contributed by atoms with van der Waals surface area (Å²) in [7, 11) is 0. The van der Waals surface area contributed by atoms with Crippen molar-refractivity contribution >= 4 is 12.1 Å². The smallest absolute Gasteiger partial charge is 0.408 e. The van der Waals surface area contributed by atoms with Crippen LogP contribution in [0.2, 0.25) is 0 Å². The first-order chi connectivity index (χ1) is 8.46. The van der Waals surface area contributed by atoms with Gasteiger partial charge in [0.25, 0.3) is 0 Å². The van der Waals surface area contributed by atoms with Gasteiger partial charge in [0.05, 0.1) is 11.0 Å². The number of carboxylic acid groups (broad SMARTS) is 1. The summed E-state index contributed by atoms with van der Waals surface area (Å²) in [5, 5.41) is 11.9. The number of amides is 1. The van der Waals surface area contributed by atoms with Gasteiger partial charge >= 0.3 is 12.1 Å². The molecule has 19 heavy (non-hydrogen) atoms. The van der Waals surface area contributed by atoms with E-state index in [1.54, 1.807) is 39.8 Å². The fourth-order valence-electron chi connectivity index (χ4n) is 1.87. The number of alkyl carbamates (subject to hydrolysis) is 1. The number of hydrogen-bond donors (Lipinski definition) is 2. The zero-order chi connectivity index (χ0) is 14.9. The van der Waals surface area contributed by atoms with Gasteiger partial charge in [0, 0.05) is 0 Å². The van der Waals surface area contributed by atoms with Crippen LogP contribution < -0.4 is 5.32 Å². The summed E-state index contributed by atoms with van der Waals surface area (Å²) in [6, 6.07) is 0. The van der Waals surface area contributed by atoms with Gasteiger partial charge in [0.1, 0.15) is 5.60 Å². The summed E-state index contributed by atoms with van der Waals surface area (Å²) >= 11 is 0. The van der Waals surface area contributed by atoms with E-state index in [2.05, 4.69) is 5.32 Å². The minimum absolute atomic E-state index is 0.477. The van der Waals surface area contributed by atoms with Crippen LogP contribution in [0.1, 0.15) is 47.5 Å². The molecule has 5 heteroatoms. The zero-order valence-electron chi connectivity index (χ0n) is 12.2. The fourth-order valence-corrected chi connectivity index (χ4v) is 1.87. The molecule has 0 fully saturated rings. The van der Waals surface area contributed by atoms with Crippen LogP contribution >= 0.6 is 0 Å². The van der Waals surface area contributed by atoms with E-state index >= 15 is 0 Å². The van der Waals surface area contributed by atoms with Crippen LogP contribution in [0.5, 0.6) is 0 Å². The number of rotatable bonds is 2. The lowest BCUT2D eigenvalue weighted by Crippen LogP contribution is -2.49. The molecule has 0 spiro atoms. The molecule has 1 aliphatic rings. The first-order valence-corrected chi connectivity index (χ1v) is 6.41. The zero-order valence-corrected chi connectivity index (χ0v) is 12.2. The molecule has 1 amide bonds. The van der Waals surface area contributed by atoms with Gasteiger partial charge in [0.2, 0.25) is 0 Å². The van der Waals surface area contributed by atoms with Crippen LogP contribution in [0.15, 0.2) is 12.2 Å². The first kappa shape index (κ1) is 15.5. The van der Waals surface area contributed by atoms with Crippen molar-refractivity contribution in [3.05, 3.63) is 12.2 Å². The molecule has 0 aromatic rings. The molecule has 0 aliphatic heterocycles. The van der Waals surface area contributed by atoms with Crippen LogP contribution in [-0.2, 0) is 9.53 Å². The number of nitrogens with one attached hydrogen (secondary N) is 1. The van der Waals surface area contributed by atoms with Crippen molar-refractivity contribution < 1.29 is 19.4 Å². The van der Waals surface area contributed by atoms with Crippen molar-refractivity contribution in [1.82, 2.24) is 5.32 Å². The standard InChI is InChI=1S/C14H23NO4/c1-12(2,3)19-11(18)15-14(5)8-6-13(4,7-9-14)10(16)17/h6,8H,7,9H2,1-5H3,(H,15,18)(H,16,17). The van der Waals surface area contributed by atoms with Crippen LogP contribution in [0.4, 0.5) is 4.79 Å². The van der Waals surface area contributed by atoms with Crippen molar-refractivity contribution in [3.8, 4) is 0 Å². The topological polar surface area (TPSA) is 75.6 Å². The Bertz CT molecular complexity index is 410. The van der Waals surface area contributed by atoms with Crippen molar-refractivity contribution in [3.63, 3.8) is 0 Å². The van der Waals surface area contributed by atoms with Gasteiger partial charge in [-0.1, -0.05) is 12.2 Å². The maximum Gasteiger partial charge on any atom is 0.408 e. The van der Waals surface area contributed by atoms with E-state index in [-0.39, 0.29) is 0 Å². The molecule has 2 N–H and O–H groups in total. The SMILES string of the molecule is CC1(NC(=O)OC(C)(C)C)C=CC(C)(C(=O)O)CC1. The molecule has 1 rings (SSSR count). The lowest BCUT2D eigenvalue weighted by molar-refractivity contribution is -0.145. The monoisotopic (exact) mass is 269 g/mol. The first-order valence-electron chi connectivity index (χ1n) is 6.41. The predicted molar refractivity (Wildman–Crippen MR) is 71.9 cm³/mol. The molecule has 0 aromatic heterocycles. The Morgan fingerprint density at radius 2 is 1.79 bits per heavy atom. The van der Waals surface area contributed by atoms with E-state index in [0.717, 1.165) is 0 Å². The van der Waals surface area contributed by atoms with E-state index < -0.39 is 28.6 Å². The molecular weight excluding hydrogens is 246 g/mol. The van der Waals surface area contributed by atoms with Gasteiger partial charge in [-0.15, -0.1) is 0 Å². The van der Waals surface area contributed by atoms with Gasteiger partial charge in [-0.25, -0.2) is 4.79 Å². The molecule has 0 saturated heterocycles. The second kappa shape index (κ2) is 4.87. The van der Waals surface area contributed by atoms with Crippen molar-refractivity contribution in [1.29, 1.82) is 0 Å². The largest absolute Gasteiger partial charge is 0.481 e. The second-order valence-corrected chi connectivity index (χ2v) is 6.60. The molecule has 0 saturated carbocycles. The Hall–Kier alpha value is -1.52. The Labute approximate surface area is 114 Å². The van der Waals surface area contributed by atoms with Crippen LogP contribution in [0, 0.1) is 5.41 Å². The van der Waals surface area contributed by atoms with Gasteiger partial charge in [-0.2, -0.15) is 0 Å². The molecule has 1 aliphatic carbocycles. The number of aliphatic carboxylic acids is 1. The highest BCUT2D eigenvalue weighted by Gasteiger charge is 2.39. The van der Waals surface area contributed by atoms with E-state index in [1.165, 1.54) is 0 Å². The van der Waals surface area contributed by atoms with Crippen molar-refractivity contribution in [2.45, 2.75) is 58.6 Å². The molecule has 2 unspecified atom stereocenters. The molecular formula is C14H23NO4. The summed E-state index contributed by atoms with van der Waals surface area (Å²) in [5.74, 6) is -0.844. The van der Waals surface area contributed by atoms with Crippen LogP contribution in [0.3, 0.4) is 0 Å². The summed E-state index contributed by atoms with van der Waals surface area (Å²) in [5.41, 5.74) is -1.96. The predicted octanol–water partition coefficient (Wildman–Crippen LogP) is 2.71. The highest BCUT2D eigenvalue weighted by atomic mass is 16.6. The van der Waals surface area contributed by atoms with E-state index in [1.807, 2.05) is 6.92 Å². The van der Waals surface area contributed by atoms with Gasteiger partial charge in [-0.05, 0) is 47.5 Å². The van der Waals surface area contributed by atoms with E-state index in [4.69, 9.17) is 9.84 Å². The average Bonchev–Trinajstić information content (AvgIpc) is 2.19. The van der Waals surface area contributed by atoms with E-state index in [0.29, 0.717) is 12.8 Å². The maximum absolute atomic E-state index is 11.7. The summed E-state index contributed by atoms with van der Waals surface area (Å²) < 4.78 is 5.20. The lowest BCUT2D eigenvalue weighted by atomic mass is 9.75. The van der Waals surface area contributed by atoms with E-state index in [9.17, 15) is 9.59 Å². The molecule has 2 atom stereocenters. The average molecular weight is 269 g/mol. The normalized spacial score (nSPS) is 30.8. The molecule has 108 valence electrons. The minimum Gasteiger partial charge on any atom is -0.481 e. The lowest BCUT2D eigenvalue weighted by Gasteiger charge is -2.36. The van der Waals surface area contributed by atoms with Crippen molar-refractivity contribution in [2.75, 3.05) is 0 Å². The number of ether oxygens (including phenoxy) is 1. The van der Waals surface area contributed by atoms with Crippen LogP contribution in [0.25, 0.3) is 0 Å². The Morgan fingerprint density at radius 1 is 1.21 bits per heavy atom. The number of carboxylic acids is 1. The molecule has 0 bridgehead atoms. The van der Waals surface area contributed by atoms with Crippen molar-refractivity contribution in [2.24, 2.45) is 5.41 Å². The number of hydrogen-bond acceptors (Lipinski definition) is 3. The Balaban J connectivity index is 2.71. The number of carbonyl (C=O) groups is 2. The Kier molecular flexibility index (Phi) is 3.98. The fraction of sp³-hybridized carbons (Fsp3) is 0.714. The minimum atomic E-state index is -0.852. The maximum atomic E-state index is 11.7. The molecule has 0 radical (unpaired) electrons. The highest BCUT2D eigenvalue weighted by Crippen LogP contribution is 2.35. The Morgan fingerprint density at radius 3 is 2.16 bits per heavy atom. The quantitative estimate of drug-likeness (QED) is 0.756. The molecule has 5 nitrogen and oxygen atoms in total. The second-order valence-electron chi connectivity index (χ2n) is 6.60. The number of carbonyl (C=O) groups excluding carboxylic acids is 1. The third-order valence-corrected chi connectivity index (χ3v) is 3.26. The van der Waals surface area contributed by atoms with Gasteiger partial charge < -0.3 is 15.2 Å². The van der Waals surface area contributed by atoms with Gasteiger partial charge in [-0.3, -0.25) is 4.79 Å². The summed E-state index contributed by atoms with van der Waals surface area (Å²) in [6.07, 6.45) is 3.94. The molecule has 0 heterocycles. The van der Waals surface area contributed by atoms with Crippen LogP contribution in [-0.4, -0.2) is 28.3 Å². The summed E-state index contributed by atoms with van der Waals surface area (Å²) in [4.78, 5) is 22.9. The third-order valence-electron chi connectivity index (χ3n) is 3.26. The molecule has 0 aromatic carbocycles. The highest BCUT2D eigenvalue weighted by molar-refractivity contribution is 5.77. The third kappa shape index (κ3) is 4.26. The van der Waals surface area contributed by atoms with Gasteiger partial charge in [0.15, 0.2) is 0 Å².